The van der Waals surface area contributed by atoms with Gasteiger partial charge in [0, 0.05) is 24.5 Å². The number of hydrogen-bond acceptors (Lipinski definition) is 5. The van der Waals surface area contributed by atoms with Gasteiger partial charge >= 0.3 is 0 Å². The fourth-order valence-corrected chi connectivity index (χ4v) is 5.78. The second-order valence-corrected chi connectivity index (χ2v) is 9.96. The van der Waals surface area contributed by atoms with Crippen molar-refractivity contribution in [3.8, 4) is 0 Å². The quantitative estimate of drug-likeness (QED) is 0.790. The van der Waals surface area contributed by atoms with E-state index in [0.29, 0.717) is 23.7 Å². The van der Waals surface area contributed by atoms with Crippen molar-refractivity contribution in [2.24, 2.45) is 11.1 Å². The molecule has 2 heterocycles. The standard InChI is InChI=1S/C11H19N3O4S3/c1-9-4-5-11(19-9)20(15,16)14-6-2-3-10(8-14)7-13-21(12,17)18/h4-5,10,13H,2-3,6-8H2,1H3,(H2,12,17,18). The molecule has 0 aromatic carbocycles. The van der Waals surface area contributed by atoms with Gasteiger partial charge in [0.25, 0.3) is 20.2 Å². The molecule has 1 aliphatic heterocycles. The highest BCUT2D eigenvalue weighted by atomic mass is 32.2. The van der Waals surface area contributed by atoms with E-state index < -0.39 is 20.2 Å². The zero-order chi connectivity index (χ0) is 15.7. The average molecular weight is 353 g/mol. The van der Waals surface area contributed by atoms with Crippen molar-refractivity contribution in [1.29, 1.82) is 0 Å². The predicted molar refractivity (Wildman–Crippen MR) is 81.6 cm³/mol. The summed E-state index contributed by atoms with van der Waals surface area (Å²) in [6.45, 7) is 2.79. The molecule has 1 atom stereocenters. The fraction of sp³-hybridized carbons (Fsp3) is 0.636. The third-order valence-corrected chi connectivity index (χ3v) is 7.27. The van der Waals surface area contributed by atoms with E-state index in [4.69, 9.17) is 5.14 Å². The highest BCUT2D eigenvalue weighted by molar-refractivity contribution is 7.91. The minimum absolute atomic E-state index is 0.0621. The Morgan fingerprint density at radius 1 is 1.38 bits per heavy atom. The molecule has 0 saturated carbocycles. The van der Waals surface area contributed by atoms with Crippen LogP contribution >= 0.6 is 11.3 Å². The van der Waals surface area contributed by atoms with Crippen molar-refractivity contribution in [3.63, 3.8) is 0 Å². The number of thiophene rings is 1. The first-order chi connectivity index (χ1) is 9.68. The van der Waals surface area contributed by atoms with Gasteiger partial charge in [0.05, 0.1) is 0 Å². The number of piperidine rings is 1. The van der Waals surface area contributed by atoms with E-state index in [1.165, 1.54) is 15.6 Å². The molecule has 1 aliphatic rings. The van der Waals surface area contributed by atoms with Crippen molar-refractivity contribution in [1.82, 2.24) is 9.03 Å². The van der Waals surface area contributed by atoms with Gasteiger partial charge in [-0.2, -0.15) is 12.7 Å². The number of nitrogens with two attached hydrogens (primary N) is 1. The molecular weight excluding hydrogens is 334 g/mol. The maximum absolute atomic E-state index is 12.5. The van der Waals surface area contributed by atoms with Crippen LogP contribution in [0.2, 0.25) is 0 Å². The topological polar surface area (TPSA) is 110 Å². The first-order valence-corrected chi connectivity index (χ1v) is 10.3. The number of hydrogen-bond donors (Lipinski definition) is 2. The van der Waals surface area contributed by atoms with Crippen molar-refractivity contribution in [2.45, 2.75) is 24.0 Å². The van der Waals surface area contributed by atoms with Crippen LogP contribution in [0.25, 0.3) is 0 Å². The lowest BCUT2D eigenvalue weighted by atomic mass is 10.0. The summed E-state index contributed by atoms with van der Waals surface area (Å²) in [5.74, 6) is -0.0621. The summed E-state index contributed by atoms with van der Waals surface area (Å²) < 4.78 is 50.9. The van der Waals surface area contributed by atoms with Gasteiger partial charge in [-0.05, 0) is 37.8 Å². The molecule has 120 valence electrons. The second kappa shape index (κ2) is 6.31. The lowest BCUT2D eigenvalue weighted by Gasteiger charge is -2.31. The van der Waals surface area contributed by atoms with Crippen molar-refractivity contribution in [3.05, 3.63) is 17.0 Å². The number of nitrogens with one attached hydrogen (secondary N) is 1. The molecule has 0 amide bonds. The van der Waals surface area contributed by atoms with E-state index in [0.717, 1.165) is 11.3 Å². The summed E-state index contributed by atoms with van der Waals surface area (Å²) in [5, 5.41) is 4.90. The Hall–Kier alpha value is -0.520. The molecular formula is C11H19N3O4S3. The van der Waals surface area contributed by atoms with Gasteiger partial charge < -0.3 is 0 Å². The van der Waals surface area contributed by atoms with Crippen molar-refractivity contribution < 1.29 is 16.8 Å². The molecule has 1 saturated heterocycles. The van der Waals surface area contributed by atoms with Crippen LogP contribution in [-0.4, -0.2) is 40.8 Å². The number of nitrogens with zero attached hydrogens (tertiary/aromatic N) is 1. The van der Waals surface area contributed by atoms with Gasteiger partial charge in [-0.3, -0.25) is 0 Å². The van der Waals surface area contributed by atoms with Gasteiger partial charge in [0.2, 0.25) is 0 Å². The average Bonchev–Trinajstić information content (AvgIpc) is 2.83. The molecule has 1 unspecified atom stereocenters. The number of rotatable bonds is 5. The van der Waals surface area contributed by atoms with Crippen LogP contribution in [0.15, 0.2) is 16.3 Å². The monoisotopic (exact) mass is 353 g/mol. The van der Waals surface area contributed by atoms with E-state index in [2.05, 4.69) is 4.72 Å². The third kappa shape index (κ3) is 4.47. The van der Waals surface area contributed by atoms with Crippen LogP contribution in [0.4, 0.5) is 0 Å². The maximum atomic E-state index is 12.5. The van der Waals surface area contributed by atoms with Gasteiger partial charge in [0.15, 0.2) is 0 Å². The SMILES string of the molecule is Cc1ccc(S(=O)(=O)N2CCCC(CNS(N)(=O)=O)C2)s1. The fourth-order valence-electron chi connectivity index (χ4n) is 2.32. The first-order valence-electron chi connectivity index (χ1n) is 6.52. The molecule has 3 N–H and O–H groups in total. The van der Waals surface area contributed by atoms with E-state index in [-0.39, 0.29) is 12.5 Å². The largest absolute Gasteiger partial charge is 0.274 e. The molecule has 7 nitrogen and oxygen atoms in total. The molecule has 1 aromatic rings. The summed E-state index contributed by atoms with van der Waals surface area (Å²) in [5.41, 5.74) is 0. The molecule has 0 radical (unpaired) electrons. The maximum Gasteiger partial charge on any atom is 0.274 e. The van der Waals surface area contributed by atoms with E-state index in [1.54, 1.807) is 12.1 Å². The molecule has 10 heteroatoms. The minimum Gasteiger partial charge on any atom is -0.216 e. The highest BCUT2D eigenvalue weighted by Crippen LogP contribution is 2.27. The third-order valence-electron chi connectivity index (χ3n) is 3.36. The van der Waals surface area contributed by atoms with Crippen LogP contribution in [0, 0.1) is 12.8 Å². The minimum atomic E-state index is -3.74. The van der Waals surface area contributed by atoms with E-state index >= 15 is 0 Å². The van der Waals surface area contributed by atoms with Gasteiger partial charge in [-0.25, -0.2) is 18.3 Å². The lowest BCUT2D eigenvalue weighted by Crippen LogP contribution is -2.44. The Morgan fingerprint density at radius 3 is 2.67 bits per heavy atom. The smallest absolute Gasteiger partial charge is 0.216 e. The molecule has 1 aromatic heterocycles. The zero-order valence-electron chi connectivity index (χ0n) is 11.6. The van der Waals surface area contributed by atoms with E-state index in [1.807, 2.05) is 6.92 Å². The van der Waals surface area contributed by atoms with Crippen LogP contribution in [0.5, 0.6) is 0 Å². The van der Waals surface area contributed by atoms with Gasteiger partial charge in [-0.15, -0.1) is 11.3 Å². The summed E-state index contributed by atoms with van der Waals surface area (Å²) >= 11 is 1.25. The summed E-state index contributed by atoms with van der Waals surface area (Å²) in [4.78, 5) is 0.943. The Kier molecular flexibility index (Phi) is 5.06. The van der Waals surface area contributed by atoms with Crippen LogP contribution in [0.3, 0.4) is 0 Å². The second-order valence-electron chi connectivity index (χ2n) is 5.13. The highest BCUT2D eigenvalue weighted by Gasteiger charge is 2.31. The Bertz CT molecular complexity index is 696. The molecule has 1 fully saturated rings. The van der Waals surface area contributed by atoms with Gasteiger partial charge in [0.1, 0.15) is 4.21 Å². The normalized spacial score (nSPS) is 21.5. The molecule has 21 heavy (non-hydrogen) atoms. The zero-order valence-corrected chi connectivity index (χ0v) is 14.1. The summed E-state index contributed by atoms with van der Waals surface area (Å²) in [7, 11) is -7.23. The Balaban J connectivity index is 2.07. The summed E-state index contributed by atoms with van der Waals surface area (Å²) in [6.07, 6.45) is 1.48. The van der Waals surface area contributed by atoms with Crippen molar-refractivity contribution in [2.75, 3.05) is 19.6 Å². The van der Waals surface area contributed by atoms with Crippen molar-refractivity contribution >= 4 is 31.6 Å². The number of aryl methyl sites for hydroxylation is 1. The Morgan fingerprint density at radius 2 is 2.10 bits per heavy atom. The Labute approximate surface area is 129 Å². The molecule has 0 bridgehead atoms. The molecule has 0 aliphatic carbocycles. The molecule has 2 rings (SSSR count). The molecule has 0 spiro atoms. The van der Waals surface area contributed by atoms with Gasteiger partial charge in [-0.1, -0.05) is 0 Å². The van der Waals surface area contributed by atoms with Crippen LogP contribution < -0.4 is 9.86 Å². The van der Waals surface area contributed by atoms with Crippen LogP contribution in [-0.2, 0) is 20.2 Å². The first kappa shape index (κ1) is 16.8. The lowest BCUT2D eigenvalue weighted by molar-refractivity contribution is 0.267. The number of sulfonamides is 1. The summed E-state index contributed by atoms with van der Waals surface area (Å²) in [6, 6.07) is 3.39. The van der Waals surface area contributed by atoms with E-state index in [9.17, 15) is 16.8 Å². The van der Waals surface area contributed by atoms with Crippen LogP contribution in [0.1, 0.15) is 17.7 Å². The predicted octanol–water partition coefficient (Wildman–Crippen LogP) is 0.250.